The summed E-state index contributed by atoms with van der Waals surface area (Å²) in [5, 5.41) is 3.56. The molecule has 3 rings (SSSR count). The SMILES string of the molecule is Fc1ccc2sc(Nc3c(F)cccc3Cl)nc2c1. The molecule has 1 N–H and O–H groups in total. The van der Waals surface area contributed by atoms with E-state index in [1.165, 1.54) is 35.6 Å². The van der Waals surface area contributed by atoms with Crippen LogP contribution in [-0.4, -0.2) is 4.98 Å². The van der Waals surface area contributed by atoms with Crippen molar-refractivity contribution in [1.82, 2.24) is 4.98 Å². The Kier molecular flexibility index (Phi) is 3.08. The molecule has 1 heterocycles. The van der Waals surface area contributed by atoms with E-state index < -0.39 is 5.82 Å². The highest BCUT2D eigenvalue weighted by Crippen LogP contribution is 2.32. The first-order valence-electron chi connectivity index (χ1n) is 5.40. The number of para-hydroxylation sites is 1. The molecule has 0 aliphatic carbocycles. The van der Waals surface area contributed by atoms with Gasteiger partial charge in [-0.05, 0) is 24.3 Å². The highest BCUT2D eigenvalue weighted by atomic mass is 35.5. The van der Waals surface area contributed by atoms with Crippen LogP contribution in [0.25, 0.3) is 10.2 Å². The molecular weight excluding hydrogens is 290 g/mol. The van der Waals surface area contributed by atoms with E-state index in [1.807, 2.05) is 0 Å². The number of rotatable bonds is 2. The number of nitrogens with zero attached hydrogens (tertiary/aromatic N) is 1. The Morgan fingerprint density at radius 2 is 2.00 bits per heavy atom. The van der Waals surface area contributed by atoms with Crippen LogP contribution in [0.2, 0.25) is 5.02 Å². The van der Waals surface area contributed by atoms with Crippen LogP contribution in [0.3, 0.4) is 0 Å². The first-order valence-corrected chi connectivity index (χ1v) is 6.60. The Bertz CT molecular complexity index is 737. The third-order valence-electron chi connectivity index (χ3n) is 2.54. The molecular formula is C13H7ClF2N2S. The van der Waals surface area contributed by atoms with Crippen molar-refractivity contribution < 1.29 is 8.78 Å². The Hall–Kier alpha value is -1.72. The van der Waals surface area contributed by atoms with E-state index >= 15 is 0 Å². The van der Waals surface area contributed by atoms with Crippen molar-refractivity contribution in [3.8, 4) is 0 Å². The number of aromatic nitrogens is 1. The van der Waals surface area contributed by atoms with Gasteiger partial charge in [0.25, 0.3) is 0 Å². The molecule has 0 fully saturated rings. The van der Waals surface area contributed by atoms with Gasteiger partial charge in [-0.15, -0.1) is 0 Å². The lowest BCUT2D eigenvalue weighted by Gasteiger charge is -2.05. The number of nitrogens with one attached hydrogen (secondary N) is 1. The lowest BCUT2D eigenvalue weighted by Crippen LogP contribution is -1.93. The van der Waals surface area contributed by atoms with Crippen LogP contribution in [0.5, 0.6) is 0 Å². The number of benzene rings is 2. The van der Waals surface area contributed by atoms with Crippen LogP contribution in [0.4, 0.5) is 19.6 Å². The Balaban J connectivity index is 2.01. The van der Waals surface area contributed by atoms with Gasteiger partial charge >= 0.3 is 0 Å². The summed E-state index contributed by atoms with van der Waals surface area (Å²) in [5.74, 6) is -0.814. The number of fused-ring (bicyclic) bond motifs is 1. The summed E-state index contributed by atoms with van der Waals surface area (Å²) < 4.78 is 27.5. The van der Waals surface area contributed by atoms with E-state index in [9.17, 15) is 8.78 Å². The fourth-order valence-electron chi connectivity index (χ4n) is 1.68. The highest BCUT2D eigenvalue weighted by Gasteiger charge is 2.10. The maximum atomic E-state index is 13.6. The minimum absolute atomic E-state index is 0.170. The van der Waals surface area contributed by atoms with Gasteiger partial charge in [0.2, 0.25) is 0 Å². The molecule has 0 unspecified atom stereocenters. The third kappa shape index (κ3) is 2.39. The van der Waals surface area contributed by atoms with E-state index in [0.717, 1.165) is 4.70 Å². The first-order chi connectivity index (χ1) is 9.13. The van der Waals surface area contributed by atoms with Crippen LogP contribution in [0, 0.1) is 11.6 Å². The average Bonchev–Trinajstić information content (AvgIpc) is 2.75. The van der Waals surface area contributed by atoms with Crippen molar-refractivity contribution in [2.24, 2.45) is 0 Å². The predicted octanol–water partition coefficient (Wildman–Crippen LogP) is 4.97. The molecule has 0 atom stereocenters. The Morgan fingerprint density at radius 3 is 2.79 bits per heavy atom. The van der Waals surface area contributed by atoms with Crippen LogP contribution in [-0.2, 0) is 0 Å². The molecule has 0 bridgehead atoms. The fraction of sp³-hybridized carbons (Fsp3) is 0. The number of hydrogen-bond acceptors (Lipinski definition) is 3. The summed E-state index contributed by atoms with van der Waals surface area (Å²) in [6, 6.07) is 8.74. The normalized spacial score (nSPS) is 10.9. The summed E-state index contributed by atoms with van der Waals surface area (Å²) >= 11 is 7.22. The minimum Gasteiger partial charge on any atom is -0.328 e. The van der Waals surface area contributed by atoms with Gasteiger partial charge in [0.15, 0.2) is 5.13 Å². The standard InChI is InChI=1S/C13H7ClF2N2S/c14-8-2-1-3-9(16)12(8)18-13-17-10-6-7(15)4-5-11(10)19-13/h1-6H,(H,17,18). The largest absolute Gasteiger partial charge is 0.328 e. The molecule has 1 aromatic heterocycles. The van der Waals surface area contributed by atoms with Crippen molar-refractivity contribution in [2.75, 3.05) is 5.32 Å². The molecule has 2 nitrogen and oxygen atoms in total. The van der Waals surface area contributed by atoms with E-state index in [-0.39, 0.29) is 16.5 Å². The molecule has 96 valence electrons. The van der Waals surface area contributed by atoms with E-state index in [0.29, 0.717) is 10.6 Å². The molecule has 0 aliphatic heterocycles. The zero-order chi connectivity index (χ0) is 13.4. The van der Waals surface area contributed by atoms with E-state index in [1.54, 1.807) is 12.1 Å². The molecule has 0 saturated carbocycles. The minimum atomic E-state index is -0.460. The zero-order valence-corrected chi connectivity index (χ0v) is 11.0. The average molecular weight is 297 g/mol. The quantitative estimate of drug-likeness (QED) is 0.722. The molecule has 6 heteroatoms. The zero-order valence-electron chi connectivity index (χ0n) is 9.45. The molecule has 19 heavy (non-hydrogen) atoms. The molecule has 2 aromatic carbocycles. The highest BCUT2D eigenvalue weighted by molar-refractivity contribution is 7.22. The second kappa shape index (κ2) is 4.75. The monoisotopic (exact) mass is 296 g/mol. The lowest BCUT2D eigenvalue weighted by molar-refractivity contribution is 0.629. The fourth-order valence-corrected chi connectivity index (χ4v) is 2.74. The smallest absolute Gasteiger partial charge is 0.188 e. The molecule has 0 aliphatic rings. The van der Waals surface area contributed by atoms with Crippen LogP contribution in [0.15, 0.2) is 36.4 Å². The third-order valence-corrected chi connectivity index (χ3v) is 3.81. The molecule has 0 spiro atoms. The molecule has 3 aromatic rings. The molecule has 0 amide bonds. The van der Waals surface area contributed by atoms with E-state index in [4.69, 9.17) is 11.6 Å². The number of halogens is 3. The predicted molar refractivity (Wildman–Crippen MR) is 74.3 cm³/mol. The first kappa shape index (κ1) is 12.3. The molecule has 0 radical (unpaired) electrons. The van der Waals surface area contributed by atoms with Gasteiger partial charge in [0.05, 0.1) is 20.9 Å². The lowest BCUT2D eigenvalue weighted by atomic mass is 10.3. The maximum absolute atomic E-state index is 13.6. The van der Waals surface area contributed by atoms with Crippen molar-refractivity contribution in [3.63, 3.8) is 0 Å². The van der Waals surface area contributed by atoms with Gasteiger partial charge in [0, 0.05) is 6.07 Å². The second-order valence-corrected chi connectivity index (χ2v) is 5.29. The van der Waals surface area contributed by atoms with Crippen molar-refractivity contribution in [2.45, 2.75) is 0 Å². The van der Waals surface area contributed by atoms with Crippen molar-refractivity contribution in [3.05, 3.63) is 53.1 Å². The second-order valence-electron chi connectivity index (χ2n) is 3.85. The van der Waals surface area contributed by atoms with Crippen molar-refractivity contribution in [1.29, 1.82) is 0 Å². The van der Waals surface area contributed by atoms with Gasteiger partial charge in [-0.2, -0.15) is 0 Å². The summed E-state index contributed by atoms with van der Waals surface area (Å²) in [6.45, 7) is 0. The van der Waals surface area contributed by atoms with Gasteiger partial charge in [-0.25, -0.2) is 13.8 Å². The summed E-state index contributed by atoms with van der Waals surface area (Å²) in [7, 11) is 0. The van der Waals surface area contributed by atoms with Crippen LogP contribution in [0.1, 0.15) is 0 Å². The number of anilines is 2. The Morgan fingerprint density at radius 1 is 1.16 bits per heavy atom. The number of hydrogen-bond donors (Lipinski definition) is 1. The summed E-state index contributed by atoms with van der Waals surface area (Å²) in [5.41, 5.74) is 0.698. The van der Waals surface area contributed by atoms with Gasteiger partial charge in [-0.3, -0.25) is 0 Å². The van der Waals surface area contributed by atoms with Crippen molar-refractivity contribution >= 4 is 44.0 Å². The van der Waals surface area contributed by atoms with Crippen LogP contribution < -0.4 is 5.32 Å². The Labute approximate surface area is 116 Å². The summed E-state index contributed by atoms with van der Waals surface area (Å²) in [6.07, 6.45) is 0. The van der Waals surface area contributed by atoms with Gasteiger partial charge in [0.1, 0.15) is 11.6 Å². The maximum Gasteiger partial charge on any atom is 0.188 e. The van der Waals surface area contributed by atoms with Crippen LogP contribution >= 0.6 is 22.9 Å². The van der Waals surface area contributed by atoms with E-state index in [2.05, 4.69) is 10.3 Å². The summed E-state index contributed by atoms with van der Waals surface area (Å²) in [4.78, 5) is 4.19. The number of thiazole rings is 1. The van der Waals surface area contributed by atoms with Gasteiger partial charge in [-0.1, -0.05) is 29.0 Å². The topological polar surface area (TPSA) is 24.9 Å². The van der Waals surface area contributed by atoms with Gasteiger partial charge < -0.3 is 5.32 Å². The molecule has 0 saturated heterocycles.